The van der Waals surface area contributed by atoms with Crippen molar-refractivity contribution in [2.45, 2.75) is 61.0 Å². The van der Waals surface area contributed by atoms with E-state index in [1.54, 1.807) is 38.3 Å². The van der Waals surface area contributed by atoms with Crippen molar-refractivity contribution in [1.82, 2.24) is 0 Å². The fraction of sp³-hybridized carbons (Fsp3) is 0.357. The van der Waals surface area contributed by atoms with Gasteiger partial charge in [0.1, 0.15) is 22.0 Å². The van der Waals surface area contributed by atoms with Crippen LogP contribution in [0.15, 0.2) is 98.2 Å². The van der Waals surface area contributed by atoms with E-state index in [1.807, 2.05) is 60.9 Å². The second-order valence-corrected chi connectivity index (χ2v) is 12.2. The lowest BCUT2D eigenvalue weighted by Gasteiger charge is -2.31. The molecule has 2 unspecified atom stereocenters. The molecule has 0 amide bonds. The van der Waals surface area contributed by atoms with Crippen molar-refractivity contribution in [3.05, 3.63) is 95.5 Å². The molecule has 0 bridgehead atoms. The molecule has 0 aliphatic carbocycles. The summed E-state index contributed by atoms with van der Waals surface area (Å²) in [7, 11) is -2.14. The Balaban J connectivity index is 1.83. The van der Waals surface area contributed by atoms with E-state index in [0.29, 0.717) is 23.0 Å². The molecule has 2 atom stereocenters. The molecule has 1 heterocycles. The van der Waals surface area contributed by atoms with Gasteiger partial charge in [0.25, 0.3) is 0 Å². The van der Waals surface area contributed by atoms with Crippen LogP contribution in [0.5, 0.6) is 0 Å². The van der Waals surface area contributed by atoms with Crippen LogP contribution in [-0.4, -0.2) is 20.3 Å². The third-order valence-electron chi connectivity index (χ3n) is 6.13. The largest absolute Gasteiger partial charge is 0.499 e. The topological polar surface area (TPSA) is 56.5 Å². The predicted octanol–water partition coefficient (Wildman–Crippen LogP) is 7.45. The molecule has 182 valence electrons. The van der Waals surface area contributed by atoms with Gasteiger partial charge in [0.15, 0.2) is 9.84 Å². The van der Waals surface area contributed by atoms with Crippen molar-refractivity contribution in [2.75, 3.05) is 7.11 Å². The van der Waals surface area contributed by atoms with E-state index < -0.39 is 14.6 Å². The number of furan rings is 1. The summed E-state index contributed by atoms with van der Waals surface area (Å²) in [5.41, 5.74) is 0. The third kappa shape index (κ3) is 6.36. The Hall–Kier alpha value is -2.44. The molecule has 0 saturated heterocycles. The first-order chi connectivity index (χ1) is 16.3. The van der Waals surface area contributed by atoms with Gasteiger partial charge in [0.05, 0.1) is 12.0 Å². The lowest BCUT2D eigenvalue weighted by atomic mass is 9.94. The van der Waals surface area contributed by atoms with E-state index >= 15 is 0 Å². The number of hydrogen-bond acceptors (Lipinski definition) is 5. The van der Waals surface area contributed by atoms with Crippen molar-refractivity contribution >= 4 is 21.6 Å². The molecular formula is C28H34O4S2. The highest BCUT2D eigenvalue weighted by Gasteiger charge is 2.44. The molecule has 1 aromatic heterocycles. The van der Waals surface area contributed by atoms with Gasteiger partial charge in [0.2, 0.25) is 0 Å². The van der Waals surface area contributed by atoms with Gasteiger partial charge in [-0.3, -0.25) is 0 Å². The number of sulfone groups is 1. The summed E-state index contributed by atoms with van der Waals surface area (Å²) >= 11 is 1.47. The molecule has 0 radical (unpaired) electrons. The highest BCUT2D eigenvalue weighted by molar-refractivity contribution is 8.02. The standard InChI is InChI=1S/C28H34O4S2/c1-22(20-24-18-17-23(2)32-24)12-11-19-28(3,34(29,30)26-15-9-6-10-16-26)27(31-4)21-33-25-13-7-5-8-14-25/h5-10,13-18,21-22H,11-12,19-20H2,1-4H3/b27-21+. The van der Waals surface area contributed by atoms with Crippen LogP contribution < -0.4 is 0 Å². The number of thioether (sulfide) groups is 1. The lowest BCUT2D eigenvalue weighted by Crippen LogP contribution is -2.38. The molecule has 3 aromatic rings. The molecule has 4 nitrogen and oxygen atoms in total. The van der Waals surface area contributed by atoms with E-state index in [9.17, 15) is 8.42 Å². The van der Waals surface area contributed by atoms with Gasteiger partial charge in [-0.2, -0.15) is 0 Å². The average molecular weight is 499 g/mol. The van der Waals surface area contributed by atoms with Gasteiger partial charge in [-0.05, 0) is 62.6 Å². The summed E-state index contributed by atoms with van der Waals surface area (Å²) in [4.78, 5) is 1.34. The molecule has 6 heteroatoms. The first kappa shape index (κ1) is 26.2. The second kappa shape index (κ2) is 11.8. The Morgan fingerprint density at radius 3 is 2.29 bits per heavy atom. The number of ether oxygens (including phenoxy) is 1. The van der Waals surface area contributed by atoms with Crippen LogP contribution >= 0.6 is 11.8 Å². The molecule has 0 aliphatic rings. The average Bonchev–Trinajstić information content (AvgIpc) is 3.24. The number of methoxy groups -OCH3 is 1. The predicted molar refractivity (Wildman–Crippen MR) is 140 cm³/mol. The van der Waals surface area contributed by atoms with E-state index in [0.717, 1.165) is 35.7 Å². The van der Waals surface area contributed by atoms with Crippen molar-refractivity contribution in [3.8, 4) is 0 Å². The highest BCUT2D eigenvalue weighted by Crippen LogP contribution is 2.39. The molecule has 2 aromatic carbocycles. The fourth-order valence-corrected chi connectivity index (χ4v) is 6.93. The summed E-state index contributed by atoms with van der Waals surface area (Å²) in [5.74, 6) is 2.72. The molecule has 34 heavy (non-hydrogen) atoms. The van der Waals surface area contributed by atoms with Gasteiger partial charge in [0, 0.05) is 16.7 Å². The van der Waals surface area contributed by atoms with Crippen molar-refractivity contribution in [1.29, 1.82) is 0 Å². The second-order valence-electron chi connectivity index (χ2n) is 8.88. The molecular weight excluding hydrogens is 464 g/mol. The van der Waals surface area contributed by atoms with Crippen LogP contribution in [0, 0.1) is 12.8 Å². The normalized spacial score (nSPS) is 15.0. The Labute approximate surface area is 208 Å². The van der Waals surface area contributed by atoms with Crippen LogP contribution in [-0.2, 0) is 21.0 Å². The van der Waals surface area contributed by atoms with Gasteiger partial charge in [-0.1, -0.05) is 67.9 Å². The van der Waals surface area contributed by atoms with Crippen LogP contribution in [0.3, 0.4) is 0 Å². The molecule has 3 rings (SSSR count). The maximum atomic E-state index is 13.9. The molecule has 0 N–H and O–H groups in total. The molecule has 0 spiro atoms. The van der Waals surface area contributed by atoms with Crippen LogP contribution in [0.4, 0.5) is 0 Å². The van der Waals surface area contributed by atoms with Gasteiger partial charge < -0.3 is 9.15 Å². The fourth-order valence-electron chi connectivity index (χ4n) is 4.09. The molecule has 0 aliphatic heterocycles. The zero-order valence-electron chi connectivity index (χ0n) is 20.4. The van der Waals surface area contributed by atoms with Crippen molar-refractivity contribution in [3.63, 3.8) is 0 Å². The summed E-state index contributed by atoms with van der Waals surface area (Å²) in [6, 6.07) is 22.5. The van der Waals surface area contributed by atoms with E-state index in [1.165, 1.54) is 11.8 Å². The van der Waals surface area contributed by atoms with Crippen LogP contribution in [0.2, 0.25) is 0 Å². The monoisotopic (exact) mass is 498 g/mol. The summed E-state index contributed by atoms with van der Waals surface area (Å²) in [6.07, 6.45) is 2.94. The molecule has 0 saturated carbocycles. The minimum absolute atomic E-state index is 0.310. The van der Waals surface area contributed by atoms with E-state index in [-0.39, 0.29) is 0 Å². The number of rotatable bonds is 12. The number of hydrogen-bond donors (Lipinski definition) is 0. The van der Waals surface area contributed by atoms with Crippen LogP contribution in [0.1, 0.15) is 44.6 Å². The Bertz CT molecular complexity index is 1170. The first-order valence-electron chi connectivity index (χ1n) is 11.6. The quantitative estimate of drug-likeness (QED) is 0.192. The Morgan fingerprint density at radius 2 is 1.71 bits per heavy atom. The zero-order valence-corrected chi connectivity index (χ0v) is 22.0. The lowest BCUT2D eigenvalue weighted by molar-refractivity contribution is 0.248. The Kier molecular flexibility index (Phi) is 9.09. The maximum absolute atomic E-state index is 13.9. The smallest absolute Gasteiger partial charge is 0.191 e. The van der Waals surface area contributed by atoms with Gasteiger partial charge in [-0.15, -0.1) is 0 Å². The summed E-state index contributed by atoms with van der Waals surface area (Å²) in [6.45, 7) is 5.91. The zero-order chi connectivity index (χ0) is 24.6. The van der Waals surface area contributed by atoms with E-state index in [2.05, 4.69) is 6.92 Å². The van der Waals surface area contributed by atoms with Gasteiger partial charge in [-0.25, -0.2) is 8.42 Å². The first-order valence-corrected chi connectivity index (χ1v) is 13.9. The minimum Gasteiger partial charge on any atom is -0.499 e. The molecule has 0 fully saturated rings. The highest BCUT2D eigenvalue weighted by atomic mass is 32.2. The van der Waals surface area contributed by atoms with E-state index in [4.69, 9.17) is 9.15 Å². The number of aryl methyl sites for hydroxylation is 1. The number of benzene rings is 2. The summed E-state index contributed by atoms with van der Waals surface area (Å²) < 4.78 is 38.1. The maximum Gasteiger partial charge on any atom is 0.191 e. The minimum atomic E-state index is -3.69. The van der Waals surface area contributed by atoms with Crippen molar-refractivity contribution in [2.24, 2.45) is 5.92 Å². The third-order valence-corrected chi connectivity index (χ3v) is 9.49. The summed E-state index contributed by atoms with van der Waals surface area (Å²) in [5, 5.41) is 1.84. The van der Waals surface area contributed by atoms with Crippen molar-refractivity contribution < 1.29 is 17.6 Å². The van der Waals surface area contributed by atoms with Gasteiger partial charge >= 0.3 is 0 Å². The van der Waals surface area contributed by atoms with Crippen LogP contribution in [0.25, 0.3) is 0 Å². The SMILES string of the molecule is CO/C(=C/Sc1ccccc1)C(C)(CCCC(C)Cc1ccc(C)o1)S(=O)(=O)c1ccccc1. The Morgan fingerprint density at radius 1 is 1.06 bits per heavy atom.